The molecular formula is C23H19N3O2. The number of aryl methyl sites for hydroxylation is 2. The minimum Gasteiger partial charge on any atom is -0.321 e. The molecule has 0 aliphatic rings. The highest BCUT2D eigenvalue weighted by molar-refractivity contribution is 6.07. The summed E-state index contributed by atoms with van der Waals surface area (Å²) in [6.07, 6.45) is 0. The lowest BCUT2D eigenvalue weighted by atomic mass is 10.0. The SMILES string of the molecule is Cc1ccc(C(=O)Nc2ccccc2-c2nc3ccccc3[nH]c2=O)c(C)c1. The summed E-state index contributed by atoms with van der Waals surface area (Å²) < 4.78 is 0. The molecule has 0 saturated carbocycles. The molecule has 0 bridgehead atoms. The molecule has 5 heteroatoms. The van der Waals surface area contributed by atoms with Gasteiger partial charge < -0.3 is 10.3 Å². The van der Waals surface area contributed by atoms with Gasteiger partial charge in [0.15, 0.2) is 0 Å². The number of carbonyl (C=O) groups excluding carboxylic acids is 1. The van der Waals surface area contributed by atoms with Gasteiger partial charge in [-0.15, -0.1) is 0 Å². The molecule has 3 aromatic carbocycles. The van der Waals surface area contributed by atoms with Crippen molar-refractivity contribution in [3.63, 3.8) is 0 Å². The summed E-state index contributed by atoms with van der Waals surface area (Å²) >= 11 is 0. The average molecular weight is 369 g/mol. The molecule has 0 atom stereocenters. The third kappa shape index (κ3) is 3.30. The predicted octanol–water partition coefficient (Wildman–Crippen LogP) is 4.46. The summed E-state index contributed by atoms with van der Waals surface area (Å²) in [4.78, 5) is 32.8. The number of nitrogens with zero attached hydrogens (tertiary/aromatic N) is 1. The van der Waals surface area contributed by atoms with E-state index in [4.69, 9.17) is 0 Å². The third-order valence-corrected chi connectivity index (χ3v) is 4.66. The number of amides is 1. The van der Waals surface area contributed by atoms with Gasteiger partial charge in [0.25, 0.3) is 11.5 Å². The maximum absolute atomic E-state index is 12.8. The molecule has 0 saturated heterocycles. The zero-order chi connectivity index (χ0) is 19.7. The number of rotatable bonds is 3. The number of carbonyl (C=O) groups is 1. The highest BCUT2D eigenvalue weighted by Crippen LogP contribution is 2.26. The van der Waals surface area contributed by atoms with E-state index in [1.807, 2.05) is 62.4 Å². The fourth-order valence-electron chi connectivity index (χ4n) is 3.27. The van der Waals surface area contributed by atoms with Crippen molar-refractivity contribution in [3.8, 4) is 11.3 Å². The van der Waals surface area contributed by atoms with Gasteiger partial charge in [-0.3, -0.25) is 9.59 Å². The van der Waals surface area contributed by atoms with Gasteiger partial charge in [-0.1, -0.05) is 48.0 Å². The molecule has 1 amide bonds. The Labute approximate surface area is 162 Å². The molecule has 0 fully saturated rings. The molecule has 4 aromatic rings. The van der Waals surface area contributed by atoms with Crippen LogP contribution in [0, 0.1) is 13.8 Å². The number of para-hydroxylation sites is 3. The van der Waals surface area contributed by atoms with Gasteiger partial charge in [0.1, 0.15) is 5.69 Å². The Kier molecular flexibility index (Phi) is 4.49. The Morgan fingerprint density at radius 1 is 0.964 bits per heavy atom. The molecule has 1 heterocycles. The fourth-order valence-corrected chi connectivity index (χ4v) is 3.27. The van der Waals surface area contributed by atoms with Crippen molar-refractivity contribution >= 4 is 22.6 Å². The van der Waals surface area contributed by atoms with Crippen LogP contribution in [-0.2, 0) is 0 Å². The Morgan fingerprint density at radius 3 is 2.54 bits per heavy atom. The van der Waals surface area contributed by atoms with Crippen molar-refractivity contribution < 1.29 is 4.79 Å². The van der Waals surface area contributed by atoms with Crippen molar-refractivity contribution in [3.05, 3.63) is 93.8 Å². The second kappa shape index (κ2) is 7.12. The minimum atomic E-state index is -0.299. The molecule has 28 heavy (non-hydrogen) atoms. The zero-order valence-corrected chi connectivity index (χ0v) is 15.6. The Morgan fingerprint density at radius 2 is 1.71 bits per heavy atom. The number of aromatic nitrogens is 2. The number of hydrogen-bond acceptors (Lipinski definition) is 3. The van der Waals surface area contributed by atoms with E-state index in [0.717, 1.165) is 11.1 Å². The third-order valence-electron chi connectivity index (χ3n) is 4.66. The first-order chi connectivity index (χ1) is 13.5. The molecule has 2 N–H and O–H groups in total. The molecule has 0 radical (unpaired) electrons. The largest absolute Gasteiger partial charge is 0.321 e. The number of hydrogen-bond donors (Lipinski definition) is 2. The van der Waals surface area contributed by atoms with E-state index in [9.17, 15) is 9.59 Å². The number of nitrogens with one attached hydrogen (secondary N) is 2. The summed E-state index contributed by atoms with van der Waals surface area (Å²) in [6.45, 7) is 3.89. The average Bonchev–Trinajstić information content (AvgIpc) is 2.68. The van der Waals surface area contributed by atoms with Gasteiger partial charge in [0.2, 0.25) is 0 Å². The van der Waals surface area contributed by atoms with E-state index in [0.29, 0.717) is 27.8 Å². The predicted molar refractivity (Wildman–Crippen MR) is 112 cm³/mol. The van der Waals surface area contributed by atoms with Crippen LogP contribution in [0.3, 0.4) is 0 Å². The van der Waals surface area contributed by atoms with Crippen molar-refractivity contribution in [2.24, 2.45) is 0 Å². The molecule has 0 spiro atoms. The highest BCUT2D eigenvalue weighted by atomic mass is 16.1. The Bertz CT molecular complexity index is 1260. The quantitative estimate of drug-likeness (QED) is 0.560. The first-order valence-electron chi connectivity index (χ1n) is 9.00. The molecule has 0 aliphatic heterocycles. The Balaban J connectivity index is 1.76. The summed E-state index contributed by atoms with van der Waals surface area (Å²) in [7, 11) is 0. The van der Waals surface area contributed by atoms with E-state index in [-0.39, 0.29) is 17.2 Å². The summed E-state index contributed by atoms with van der Waals surface area (Å²) in [5, 5.41) is 2.93. The van der Waals surface area contributed by atoms with Crippen LogP contribution < -0.4 is 10.9 Å². The first kappa shape index (κ1) is 17.7. The Hall–Kier alpha value is -3.73. The van der Waals surface area contributed by atoms with Crippen LogP contribution in [0.2, 0.25) is 0 Å². The second-order valence-corrected chi connectivity index (χ2v) is 6.75. The second-order valence-electron chi connectivity index (χ2n) is 6.75. The molecule has 138 valence electrons. The van der Waals surface area contributed by atoms with Crippen LogP contribution in [-0.4, -0.2) is 15.9 Å². The van der Waals surface area contributed by atoms with Crippen LogP contribution in [0.15, 0.2) is 71.5 Å². The minimum absolute atomic E-state index is 0.220. The molecule has 0 unspecified atom stereocenters. The van der Waals surface area contributed by atoms with Crippen molar-refractivity contribution in [1.29, 1.82) is 0 Å². The molecule has 4 rings (SSSR count). The van der Waals surface area contributed by atoms with E-state index in [1.165, 1.54) is 0 Å². The maximum Gasteiger partial charge on any atom is 0.275 e. The number of aromatic amines is 1. The first-order valence-corrected chi connectivity index (χ1v) is 9.00. The van der Waals surface area contributed by atoms with Crippen LogP contribution in [0.1, 0.15) is 21.5 Å². The number of anilines is 1. The van der Waals surface area contributed by atoms with Crippen molar-refractivity contribution in [2.45, 2.75) is 13.8 Å². The van der Waals surface area contributed by atoms with E-state index < -0.39 is 0 Å². The molecule has 1 aromatic heterocycles. The lowest BCUT2D eigenvalue weighted by Crippen LogP contribution is -2.16. The highest BCUT2D eigenvalue weighted by Gasteiger charge is 2.15. The van der Waals surface area contributed by atoms with Gasteiger partial charge in [-0.2, -0.15) is 0 Å². The number of fused-ring (bicyclic) bond motifs is 1. The zero-order valence-electron chi connectivity index (χ0n) is 15.6. The lowest BCUT2D eigenvalue weighted by molar-refractivity contribution is 0.102. The van der Waals surface area contributed by atoms with Gasteiger partial charge in [-0.25, -0.2) is 4.98 Å². The van der Waals surface area contributed by atoms with Gasteiger partial charge in [0, 0.05) is 11.1 Å². The maximum atomic E-state index is 12.8. The number of H-pyrrole nitrogens is 1. The number of benzene rings is 3. The van der Waals surface area contributed by atoms with E-state index in [2.05, 4.69) is 15.3 Å². The van der Waals surface area contributed by atoms with Crippen LogP contribution in [0.25, 0.3) is 22.3 Å². The molecule has 5 nitrogen and oxygen atoms in total. The molecular weight excluding hydrogens is 350 g/mol. The summed E-state index contributed by atoms with van der Waals surface area (Å²) in [5.41, 5.74) is 5.05. The fraction of sp³-hybridized carbons (Fsp3) is 0.0870. The van der Waals surface area contributed by atoms with Crippen molar-refractivity contribution in [2.75, 3.05) is 5.32 Å². The van der Waals surface area contributed by atoms with E-state index in [1.54, 1.807) is 18.2 Å². The van der Waals surface area contributed by atoms with Crippen LogP contribution >= 0.6 is 0 Å². The monoisotopic (exact) mass is 369 g/mol. The summed E-state index contributed by atoms with van der Waals surface area (Å²) in [6, 6.07) is 20.2. The normalized spacial score (nSPS) is 10.8. The lowest BCUT2D eigenvalue weighted by Gasteiger charge is -2.12. The smallest absolute Gasteiger partial charge is 0.275 e. The van der Waals surface area contributed by atoms with Crippen molar-refractivity contribution in [1.82, 2.24) is 9.97 Å². The molecule has 0 aliphatic carbocycles. The van der Waals surface area contributed by atoms with Crippen LogP contribution in [0.5, 0.6) is 0 Å². The standard InChI is InChI=1S/C23H19N3O2/c1-14-11-12-16(15(2)13-14)22(27)25-18-8-4-3-7-17(18)21-23(28)26-20-10-6-5-9-19(20)24-21/h3-13H,1-2H3,(H,25,27)(H,26,28). The van der Waals surface area contributed by atoms with Gasteiger partial charge in [-0.05, 0) is 43.7 Å². The van der Waals surface area contributed by atoms with E-state index >= 15 is 0 Å². The van der Waals surface area contributed by atoms with Gasteiger partial charge >= 0.3 is 0 Å². The summed E-state index contributed by atoms with van der Waals surface area (Å²) in [5.74, 6) is -0.220. The van der Waals surface area contributed by atoms with Crippen LogP contribution in [0.4, 0.5) is 5.69 Å². The topological polar surface area (TPSA) is 74.8 Å². The van der Waals surface area contributed by atoms with Gasteiger partial charge in [0.05, 0.1) is 16.7 Å².